The summed E-state index contributed by atoms with van der Waals surface area (Å²) in [7, 11) is 3.55. The van der Waals surface area contributed by atoms with Crippen LogP contribution in [-0.4, -0.2) is 71.0 Å². The van der Waals surface area contributed by atoms with Gasteiger partial charge in [-0.05, 0) is 30.2 Å². The zero-order chi connectivity index (χ0) is 22.6. The number of nitrogens with one attached hydrogen (secondary N) is 1. The second-order valence-electron chi connectivity index (χ2n) is 7.65. The van der Waals surface area contributed by atoms with Gasteiger partial charge in [0.05, 0.1) is 26.9 Å². The Bertz CT molecular complexity index is 857. The van der Waals surface area contributed by atoms with Crippen LogP contribution in [0.15, 0.2) is 53.5 Å². The summed E-state index contributed by atoms with van der Waals surface area (Å²) in [5, 5.41) is 3.52. The van der Waals surface area contributed by atoms with Crippen molar-refractivity contribution in [3.63, 3.8) is 0 Å². The first-order valence-electron chi connectivity index (χ1n) is 11.3. The molecule has 0 saturated carbocycles. The highest BCUT2D eigenvalue weighted by molar-refractivity contribution is 14.0. The summed E-state index contributed by atoms with van der Waals surface area (Å²) in [6.07, 6.45) is 0. The highest BCUT2D eigenvalue weighted by Gasteiger charge is 2.20. The van der Waals surface area contributed by atoms with E-state index in [2.05, 4.69) is 56.5 Å². The number of aliphatic imine (C=N–C) groups is 1. The topological polar surface area (TPSA) is 58.6 Å². The molecule has 1 heterocycles. The van der Waals surface area contributed by atoms with E-state index in [-0.39, 0.29) is 24.0 Å². The number of piperazine rings is 1. The number of ether oxygens (including phenoxy) is 3. The van der Waals surface area contributed by atoms with E-state index >= 15 is 0 Å². The molecule has 0 amide bonds. The van der Waals surface area contributed by atoms with Gasteiger partial charge in [0.2, 0.25) is 0 Å². The van der Waals surface area contributed by atoms with Gasteiger partial charge in [-0.1, -0.05) is 30.3 Å². The second kappa shape index (κ2) is 15.0. The summed E-state index contributed by atoms with van der Waals surface area (Å²) in [6.45, 7) is 9.04. The molecule has 0 atom stereocenters. The zero-order valence-electron chi connectivity index (χ0n) is 20.0. The van der Waals surface area contributed by atoms with Crippen molar-refractivity contribution in [1.82, 2.24) is 10.2 Å². The highest BCUT2D eigenvalue weighted by atomic mass is 127. The number of nitrogens with zero attached hydrogens (tertiary/aromatic N) is 3. The molecule has 8 heteroatoms. The smallest absolute Gasteiger partial charge is 0.194 e. The zero-order valence-corrected chi connectivity index (χ0v) is 22.3. The Kier molecular flexibility index (Phi) is 12.3. The molecule has 0 spiro atoms. The largest absolute Gasteiger partial charge is 0.497 e. The summed E-state index contributed by atoms with van der Waals surface area (Å²) < 4.78 is 16.4. The summed E-state index contributed by atoms with van der Waals surface area (Å²) >= 11 is 0. The number of guanidine groups is 1. The Morgan fingerprint density at radius 1 is 0.970 bits per heavy atom. The van der Waals surface area contributed by atoms with Crippen molar-refractivity contribution in [2.45, 2.75) is 20.1 Å². The number of rotatable bonds is 10. The average Bonchev–Trinajstić information content (AvgIpc) is 2.85. The Morgan fingerprint density at radius 2 is 1.70 bits per heavy atom. The first kappa shape index (κ1) is 27.2. The number of benzene rings is 2. The van der Waals surface area contributed by atoms with Crippen LogP contribution in [0.4, 0.5) is 5.69 Å². The molecule has 1 saturated heterocycles. The number of halogens is 1. The molecule has 1 N–H and O–H groups in total. The predicted molar refractivity (Wildman–Crippen MR) is 145 cm³/mol. The molecule has 182 valence electrons. The van der Waals surface area contributed by atoms with E-state index in [9.17, 15) is 0 Å². The molecule has 1 fully saturated rings. The lowest BCUT2D eigenvalue weighted by molar-refractivity contribution is 0.0453. The van der Waals surface area contributed by atoms with E-state index in [4.69, 9.17) is 14.2 Å². The second-order valence-corrected chi connectivity index (χ2v) is 7.65. The average molecular weight is 569 g/mol. The van der Waals surface area contributed by atoms with Crippen LogP contribution >= 0.6 is 24.0 Å². The lowest BCUT2D eigenvalue weighted by Crippen LogP contribution is -2.52. The van der Waals surface area contributed by atoms with Crippen LogP contribution in [0.5, 0.6) is 5.75 Å². The van der Waals surface area contributed by atoms with Crippen molar-refractivity contribution in [3.05, 3.63) is 59.7 Å². The number of methoxy groups -OCH3 is 1. The minimum Gasteiger partial charge on any atom is -0.497 e. The number of anilines is 1. The summed E-state index contributed by atoms with van der Waals surface area (Å²) in [5.74, 6) is 1.83. The van der Waals surface area contributed by atoms with Gasteiger partial charge in [0.15, 0.2) is 5.96 Å². The van der Waals surface area contributed by atoms with E-state index in [0.29, 0.717) is 19.8 Å². The fourth-order valence-corrected chi connectivity index (χ4v) is 3.78. The van der Waals surface area contributed by atoms with Crippen molar-refractivity contribution in [1.29, 1.82) is 0 Å². The standard InChI is InChI=1S/C25H36N4O3.HI/c1-4-31-15-16-32-20-22-8-5-7-21(17-22)19-27-25(26-2)29-13-11-28(12-14-29)23-9-6-10-24(18-23)30-3;/h5-10,17-18H,4,11-16,19-20H2,1-3H3,(H,26,27);1H. The fraction of sp³-hybridized carbons (Fsp3) is 0.480. The summed E-state index contributed by atoms with van der Waals surface area (Å²) in [4.78, 5) is 9.21. The van der Waals surface area contributed by atoms with Gasteiger partial charge in [-0.3, -0.25) is 4.99 Å². The third kappa shape index (κ3) is 8.68. The molecule has 0 aliphatic carbocycles. The number of hydrogen-bond acceptors (Lipinski definition) is 5. The van der Waals surface area contributed by atoms with Gasteiger partial charge in [0.1, 0.15) is 5.75 Å². The molecule has 0 aromatic heterocycles. The van der Waals surface area contributed by atoms with E-state index < -0.39 is 0 Å². The third-order valence-electron chi connectivity index (χ3n) is 5.50. The SMILES string of the molecule is CCOCCOCc1cccc(CNC(=NC)N2CCN(c3cccc(OC)c3)CC2)c1.I. The first-order valence-corrected chi connectivity index (χ1v) is 11.3. The minimum atomic E-state index is 0. The summed E-state index contributed by atoms with van der Waals surface area (Å²) in [5.41, 5.74) is 3.59. The van der Waals surface area contributed by atoms with Crippen LogP contribution < -0.4 is 15.0 Å². The lowest BCUT2D eigenvalue weighted by atomic mass is 10.1. The van der Waals surface area contributed by atoms with Crippen LogP contribution in [0.2, 0.25) is 0 Å². The third-order valence-corrected chi connectivity index (χ3v) is 5.50. The van der Waals surface area contributed by atoms with Crippen LogP contribution in [0.1, 0.15) is 18.1 Å². The van der Waals surface area contributed by atoms with Gasteiger partial charge in [-0.2, -0.15) is 0 Å². The molecule has 0 bridgehead atoms. The van der Waals surface area contributed by atoms with E-state index in [0.717, 1.165) is 51.0 Å². The molecule has 7 nitrogen and oxygen atoms in total. The highest BCUT2D eigenvalue weighted by Crippen LogP contribution is 2.22. The van der Waals surface area contributed by atoms with Gasteiger partial charge in [0.25, 0.3) is 0 Å². The molecule has 0 radical (unpaired) electrons. The molecule has 1 aliphatic heterocycles. The van der Waals surface area contributed by atoms with Crippen molar-refractivity contribution in [3.8, 4) is 5.75 Å². The quantitative estimate of drug-likeness (QED) is 0.204. The molecular formula is C25H37IN4O3. The van der Waals surface area contributed by atoms with Crippen molar-refractivity contribution in [2.24, 2.45) is 4.99 Å². The van der Waals surface area contributed by atoms with Crippen LogP contribution in [0.3, 0.4) is 0 Å². The molecule has 1 aliphatic rings. The van der Waals surface area contributed by atoms with Crippen LogP contribution in [0, 0.1) is 0 Å². The van der Waals surface area contributed by atoms with E-state index in [1.54, 1.807) is 7.11 Å². The summed E-state index contributed by atoms with van der Waals surface area (Å²) in [6, 6.07) is 16.7. The van der Waals surface area contributed by atoms with Crippen molar-refractivity contribution >= 4 is 35.6 Å². The van der Waals surface area contributed by atoms with E-state index in [1.165, 1.54) is 16.8 Å². The maximum Gasteiger partial charge on any atom is 0.194 e. The van der Waals surface area contributed by atoms with Gasteiger partial charge in [-0.25, -0.2) is 0 Å². The van der Waals surface area contributed by atoms with Crippen LogP contribution in [0.25, 0.3) is 0 Å². The Morgan fingerprint density at radius 3 is 2.42 bits per heavy atom. The van der Waals surface area contributed by atoms with Gasteiger partial charge in [-0.15, -0.1) is 24.0 Å². The molecule has 2 aromatic rings. The number of hydrogen-bond donors (Lipinski definition) is 1. The van der Waals surface area contributed by atoms with E-state index in [1.807, 2.05) is 26.1 Å². The predicted octanol–water partition coefficient (Wildman–Crippen LogP) is 3.76. The first-order chi connectivity index (χ1) is 15.7. The molecular weight excluding hydrogens is 531 g/mol. The van der Waals surface area contributed by atoms with Crippen molar-refractivity contribution < 1.29 is 14.2 Å². The van der Waals surface area contributed by atoms with Crippen molar-refractivity contribution in [2.75, 3.05) is 65.1 Å². The van der Waals surface area contributed by atoms with Gasteiger partial charge < -0.3 is 29.3 Å². The molecule has 2 aromatic carbocycles. The Balaban J connectivity index is 0.00000385. The maximum atomic E-state index is 5.69. The molecule has 33 heavy (non-hydrogen) atoms. The van der Waals surface area contributed by atoms with Crippen LogP contribution in [-0.2, 0) is 22.6 Å². The fourth-order valence-electron chi connectivity index (χ4n) is 3.78. The lowest BCUT2D eigenvalue weighted by Gasteiger charge is -2.37. The normalized spacial score (nSPS) is 14.1. The Labute approximate surface area is 215 Å². The monoisotopic (exact) mass is 568 g/mol. The maximum absolute atomic E-state index is 5.69. The minimum absolute atomic E-state index is 0. The molecule has 0 unspecified atom stereocenters. The molecule has 3 rings (SSSR count). The Hall–Kier alpha value is -2.04. The van der Waals surface area contributed by atoms with Gasteiger partial charge >= 0.3 is 0 Å². The van der Waals surface area contributed by atoms with Gasteiger partial charge in [0, 0.05) is 58.1 Å².